The second-order valence-electron chi connectivity index (χ2n) is 4.72. The highest BCUT2D eigenvalue weighted by atomic mass is 32.2. The molecular formula is C15H13F2N3S. The van der Waals surface area contributed by atoms with Crippen molar-refractivity contribution in [1.29, 1.82) is 5.26 Å². The number of hydrogen-bond acceptors (Lipinski definition) is 4. The SMILES string of the molecule is CC(C)c1nc(SCc2cccc(F)c2F)ncc1C#N. The van der Waals surface area contributed by atoms with Crippen LogP contribution in [0.5, 0.6) is 0 Å². The number of nitrogens with zero attached hydrogens (tertiary/aromatic N) is 3. The third-order valence-electron chi connectivity index (χ3n) is 2.85. The van der Waals surface area contributed by atoms with Gasteiger partial charge in [0.05, 0.1) is 11.3 Å². The smallest absolute Gasteiger partial charge is 0.188 e. The standard InChI is InChI=1S/C15H13F2N3S/c1-9(2)14-11(6-18)7-19-15(20-14)21-8-10-4-3-5-12(16)13(10)17/h3-5,7,9H,8H2,1-2H3. The summed E-state index contributed by atoms with van der Waals surface area (Å²) in [5.41, 5.74) is 1.36. The van der Waals surface area contributed by atoms with Crippen LogP contribution in [0.3, 0.4) is 0 Å². The monoisotopic (exact) mass is 305 g/mol. The number of nitriles is 1. The molecule has 1 aromatic heterocycles. The van der Waals surface area contributed by atoms with E-state index in [2.05, 4.69) is 16.0 Å². The summed E-state index contributed by atoms with van der Waals surface area (Å²) in [6, 6.07) is 6.12. The second kappa shape index (κ2) is 6.64. The highest BCUT2D eigenvalue weighted by molar-refractivity contribution is 7.98. The molecule has 21 heavy (non-hydrogen) atoms. The molecule has 1 aromatic carbocycles. The van der Waals surface area contributed by atoms with E-state index in [9.17, 15) is 8.78 Å². The zero-order valence-corrected chi connectivity index (χ0v) is 12.4. The van der Waals surface area contributed by atoms with Gasteiger partial charge in [-0.25, -0.2) is 18.7 Å². The van der Waals surface area contributed by atoms with Crippen LogP contribution in [0.4, 0.5) is 8.78 Å². The Kier molecular flexibility index (Phi) is 4.86. The van der Waals surface area contributed by atoms with Crippen LogP contribution in [0.25, 0.3) is 0 Å². The molecule has 0 spiro atoms. The molecule has 0 bridgehead atoms. The average molecular weight is 305 g/mol. The van der Waals surface area contributed by atoms with Gasteiger partial charge in [-0.3, -0.25) is 0 Å². The van der Waals surface area contributed by atoms with Gasteiger partial charge in [0.2, 0.25) is 0 Å². The van der Waals surface area contributed by atoms with Crippen molar-refractivity contribution in [3.8, 4) is 6.07 Å². The molecule has 108 valence electrons. The molecule has 0 N–H and O–H groups in total. The Bertz CT molecular complexity index is 696. The van der Waals surface area contributed by atoms with E-state index in [0.29, 0.717) is 16.4 Å². The van der Waals surface area contributed by atoms with E-state index in [4.69, 9.17) is 5.26 Å². The van der Waals surface area contributed by atoms with E-state index < -0.39 is 11.6 Å². The zero-order chi connectivity index (χ0) is 15.4. The lowest BCUT2D eigenvalue weighted by Gasteiger charge is -2.08. The minimum Gasteiger partial charge on any atom is -0.230 e. The predicted molar refractivity (Wildman–Crippen MR) is 76.8 cm³/mol. The van der Waals surface area contributed by atoms with Crippen molar-refractivity contribution in [2.45, 2.75) is 30.7 Å². The summed E-state index contributed by atoms with van der Waals surface area (Å²) in [4.78, 5) is 8.40. The van der Waals surface area contributed by atoms with Crippen LogP contribution in [0.2, 0.25) is 0 Å². The number of benzene rings is 1. The lowest BCUT2D eigenvalue weighted by atomic mass is 10.1. The average Bonchev–Trinajstić information content (AvgIpc) is 2.48. The van der Waals surface area contributed by atoms with Gasteiger partial charge >= 0.3 is 0 Å². The maximum absolute atomic E-state index is 13.6. The van der Waals surface area contributed by atoms with Gasteiger partial charge < -0.3 is 0 Å². The summed E-state index contributed by atoms with van der Waals surface area (Å²) >= 11 is 1.21. The van der Waals surface area contributed by atoms with Crippen molar-refractivity contribution < 1.29 is 8.78 Å². The van der Waals surface area contributed by atoms with Crippen molar-refractivity contribution in [3.05, 3.63) is 52.9 Å². The summed E-state index contributed by atoms with van der Waals surface area (Å²) in [6.07, 6.45) is 1.46. The van der Waals surface area contributed by atoms with E-state index in [1.54, 1.807) is 0 Å². The van der Waals surface area contributed by atoms with E-state index in [-0.39, 0.29) is 17.2 Å². The molecule has 0 unspecified atom stereocenters. The molecule has 2 aromatic rings. The molecule has 0 radical (unpaired) electrons. The van der Waals surface area contributed by atoms with E-state index in [0.717, 1.165) is 6.07 Å². The van der Waals surface area contributed by atoms with Crippen LogP contribution < -0.4 is 0 Å². The number of aromatic nitrogens is 2. The van der Waals surface area contributed by atoms with Gasteiger partial charge in [0.25, 0.3) is 0 Å². The molecule has 3 nitrogen and oxygen atoms in total. The van der Waals surface area contributed by atoms with Crippen LogP contribution >= 0.6 is 11.8 Å². The Labute approximate surface area is 126 Å². The topological polar surface area (TPSA) is 49.6 Å². The van der Waals surface area contributed by atoms with Gasteiger partial charge in [-0.15, -0.1) is 0 Å². The highest BCUT2D eigenvalue weighted by Gasteiger charge is 2.12. The molecule has 0 aliphatic carbocycles. The first kappa shape index (κ1) is 15.4. The summed E-state index contributed by atoms with van der Waals surface area (Å²) in [5, 5.41) is 9.45. The lowest BCUT2D eigenvalue weighted by molar-refractivity contribution is 0.502. The molecular weight excluding hydrogens is 292 g/mol. The van der Waals surface area contributed by atoms with Gasteiger partial charge in [0.15, 0.2) is 16.8 Å². The third-order valence-corrected chi connectivity index (χ3v) is 3.76. The van der Waals surface area contributed by atoms with Crippen molar-refractivity contribution in [3.63, 3.8) is 0 Å². The molecule has 6 heteroatoms. The molecule has 2 rings (SSSR count). The Balaban J connectivity index is 2.19. The fraction of sp³-hybridized carbons (Fsp3) is 0.267. The van der Waals surface area contributed by atoms with Crippen LogP contribution in [-0.4, -0.2) is 9.97 Å². The van der Waals surface area contributed by atoms with Gasteiger partial charge in [-0.2, -0.15) is 5.26 Å². The van der Waals surface area contributed by atoms with Gasteiger partial charge in [0.1, 0.15) is 6.07 Å². The third kappa shape index (κ3) is 3.56. The fourth-order valence-electron chi connectivity index (χ4n) is 1.78. The Hall–Kier alpha value is -2.00. The van der Waals surface area contributed by atoms with Crippen LogP contribution in [0, 0.1) is 23.0 Å². The molecule has 0 aliphatic heterocycles. The van der Waals surface area contributed by atoms with E-state index in [1.807, 2.05) is 13.8 Å². The minimum atomic E-state index is -0.864. The van der Waals surface area contributed by atoms with Gasteiger partial charge in [0, 0.05) is 17.5 Å². The Morgan fingerprint density at radius 1 is 1.33 bits per heavy atom. The molecule has 0 aliphatic rings. The molecule has 0 atom stereocenters. The molecule has 1 heterocycles. The Morgan fingerprint density at radius 3 is 2.76 bits per heavy atom. The van der Waals surface area contributed by atoms with Gasteiger partial charge in [-0.05, 0) is 12.0 Å². The summed E-state index contributed by atoms with van der Waals surface area (Å²) in [7, 11) is 0. The molecule has 0 saturated heterocycles. The summed E-state index contributed by atoms with van der Waals surface area (Å²) in [5.74, 6) is -1.39. The Morgan fingerprint density at radius 2 is 2.10 bits per heavy atom. The predicted octanol–water partition coefficient (Wildman–Crippen LogP) is 4.04. The first-order chi connectivity index (χ1) is 10.0. The van der Waals surface area contributed by atoms with Gasteiger partial charge in [-0.1, -0.05) is 37.7 Å². The summed E-state index contributed by atoms with van der Waals surface area (Å²) in [6.45, 7) is 3.87. The fourth-order valence-corrected chi connectivity index (χ4v) is 2.57. The number of rotatable bonds is 4. The largest absolute Gasteiger partial charge is 0.230 e. The zero-order valence-electron chi connectivity index (χ0n) is 11.6. The van der Waals surface area contributed by atoms with Crippen molar-refractivity contribution in [2.75, 3.05) is 0 Å². The molecule has 0 saturated carbocycles. The van der Waals surface area contributed by atoms with Crippen molar-refractivity contribution >= 4 is 11.8 Å². The second-order valence-corrected chi connectivity index (χ2v) is 5.66. The van der Waals surface area contributed by atoms with Crippen molar-refractivity contribution in [1.82, 2.24) is 9.97 Å². The normalized spacial score (nSPS) is 10.7. The quantitative estimate of drug-likeness (QED) is 0.632. The number of thioether (sulfide) groups is 1. The minimum absolute atomic E-state index is 0.0907. The molecule has 0 fully saturated rings. The van der Waals surface area contributed by atoms with E-state index in [1.165, 1.54) is 30.1 Å². The number of halogens is 2. The first-order valence-corrected chi connectivity index (χ1v) is 7.34. The molecule has 0 amide bonds. The number of hydrogen-bond donors (Lipinski definition) is 0. The maximum atomic E-state index is 13.6. The summed E-state index contributed by atoms with van der Waals surface area (Å²) < 4.78 is 26.7. The van der Waals surface area contributed by atoms with E-state index >= 15 is 0 Å². The first-order valence-electron chi connectivity index (χ1n) is 6.35. The van der Waals surface area contributed by atoms with Crippen molar-refractivity contribution in [2.24, 2.45) is 0 Å². The highest BCUT2D eigenvalue weighted by Crippen LogP contribution is 2.24. The van der Waals surface area contributed by atoms with Crippen LogP contribution in [0.15, 0.2) is 29.6 Å². The maximum Gasteiger partial charge on any atom is 0.188 e. The lowest BCUT2D eigenvalue weighted by Crippen LogP contribution is -2.01. The van der Waals surface area contributed by atoms with Crippen LogP contribution in [0.1, 0.15) is 36.6 Å². The van der Waals surface area contributed by atoms with Crippen LogP contribution in [-0.2, 0) is 5.75 Å².